The van der Waals surface area contributed by atoms with Gasteiger partial charge in [0.15, 0.2) is 0 Å². The third-order valence-corrected chi connectivity index (χ3v) is 4.06. The quantitative estimate of drug-likeness (QED) is 0.776. The molecule has 1 aliphatic rings. The first-order chi connectivity index (χ1) is 11.2. The largest absolute Gasteiger partial charge is 0.492 e. The number of hydrogen-bond acceptors (Lipinski definition) is 3. The molecule has 0 aromatic heterocycles. The Morgan fingerprint density at radius 3 is 2.23 bits per heavy atom. The average molecular weight is 403 g/mol. The fraction of sp³-hybridized carbons (Fsp3) is 0.263. The van der Waals surface area contributed by atoms with Crippen molar-refractivity contribution in [2.45, 2.75) is 6.42 Å². The first-order valence-corrected chi connectivity index (χ1v) is 7.86. The molecular weight excluding hydrogens is 378 g/mol. The minimum absolute atomic E-state index is 0. The van der Waals surface area contributed by atoms with Gasteiger partial charge in [0, 0.05) is 25.3 Å². The van der Waals surface area contributed by atoms with Crippen molar-refractivity contribution in [3.05, 3.63) is 66.0 Å². The van der Waals surface area contributed by atoms with Crippen LogP contribution in [0, 0.1) is 5.82 Å². The number of nitrogen functional groups attached to an aromatic ring is 1. The maximum absolute atomic E-state index is 13.0. The zero-order chi connectivity index (χ0) is 16.1. The Hall–Kier alpha value is -1.79. The number of rotatable bonds is 5. The molecule has 1 aliphatic heterocycles. The van der Waals surface area contributed by atoms with Gasteiger partial charge >= 0.3 is 0 Å². The normalized spacial score (nSPS) is 13.5. The van der Waals surface area contributed by atoms with Crippen LogP contribution in [0.5, 0.6) is 5.75 Å². The third-order valence-electron chi connectivity index (χ3n) is 4.06. The Balaban J connectivity index is 0.00000208. The zero-order valence-electron chi connectivity index (χ0n) is 14.4. The zero-order valence-corrected chi connectivity index (χ0v) is 16.0. The SMILES string of the molecule is Cl.Cl.Nc1ccc(OCCN2CC=C(c3ccc(F)cc3)CC2)cc1.O. The predicted molar refractivity (Wildman–Crippen MR) is 110 cm³/mol. The molecule has 0 amide bonds. The lowest BCUT2D eigenvalue weighted by Gasteiger charge is -2.26. The lowest BCUT2D eigenvalue weighted by molar-refractivity contribution is 0.222. The molecule has 0 unspecified atom stereocenters. The van der Waals surface area contributed by atoms with E-state index >= 15 is 0 Å². The van der Waals surface area contributed by atoms with Gasteiger partial charge in [-0.2, -0.15) is 0 Å². The highest BCUT2D eigenvalue weighted by molar-refractivity contribution is 5.85. The van der Waals surface area contributed by atoms with Crippen LogP contribution < -0.4 is 10.5 Å². The highest BCUT2D eigenvalue weighted by atomic mass is 35.5. The summed E-state index contributed by atoms with van der Waals surface area (Å²) in [6, 6.07) is 14.2. The lowest BCUT2D eigenvalue weighted by Crippen LogP contribution is -2.32. The minimum Gasteiger partial charge on any atom is -0.492 e. The van der Waals surface area contributed by atoms with Crippen LogP contribution >= 0.6 is 24.8 Å². The van der Waals surface area contributed by atoms with Crippen molar-refractivity contribution < 1.29 is 14.6 Å². The number of halogens is 3. The summed E-state index contributed by atoms with van der Waals surface area (Å²) in [6.07, 6.45) is 3.20. The van der Waals surface area contributed by atoms with Crippen molar-refractivity contribution in [2.24, 2.45) is 0 Å². The molecule has 144 valence electrons. The van der Waals surface area contributed by atoms with Gasteiger partial charge in [-0.05, 0) is 54.0 Å². The number of ether oxygens (including phenoxy) is 1. The molecule has 0 fully saturated rings. The second kappa shape index (κ2) is 11.8. The van der Waals surface area contributed by atoms with Gasteiger partial charge in [0.25, 0.3) is 0 Å². The van der Waals surface area contributed by atoms with E-state index in [2.05, 4.69) is 11.0 Å². The van der Waals surface area contributed by atoms with Crippen molar-refractivity contribution >= 4 is 36.1 Å². The summed E-state index contributed by atoms with van der Waals surface area (Å²) in [5.41, 5.74) is 8.80. The lowest BCUT2D eigenvalue weighted by atomic mass is 9.99. The standard InChI is InChI=1S/C19H21FN2O.2ClH.H2O/c20-17-3-1-15(2-4-17)16-9-11-22(12-10-16)13-14-23-19-7-5-18(21)6-8-19;;;/h1-9H,10-14,21H2;2*1H;1H2. The Labute approximate surface area is 166 Å². The molecule has 2 aromatic rings. The smallest absolute Gasteiger partial charge is 0.123 e. The minimum atomic E-state index is -0.188. The number of hydrogen-bond donors (Lipinski definition) is 1. The van der Waals surface area contributed by atoms with E-state index in [1.807, 2.05) is 36.4 Å². The summed E-state index contributed by atoms with van der Waals surface area (Å²) in [6.45, 7) is 3.44. The second-order valence-corrected chi connectivity index (χ2v) is 5.70. The maximum atomic E-state index is 13.0. The van der Waals surface area contributed by atoms with Crippen molar-refractivity contribution in [1.82, 2.24) is 4.90 Å². The van der Waals surface area contributed by atoms with Crippen LogP contribution in [-0.4, -0.2) is 36.6 Å². The molecule has 0 bridgehead atoms. The fourth-order valence-corrected chi connectivity index (χ4v) is 2.70. The number of anilines is 1. The fourth-order valence-electron chi connectivity index (χ4n) is 2.70. The highest BCUT2D eigenvalue weighted by Crippen LogP contribution is 2.22. The van der Waals surface area contributed by atoms with Crippen molar-refractivity contribution in [1.29, 1.82) is 0 Å². The van der Waals surface area contributed by atoms with Gasteiger partial charge in [0.05, 0.1) is 0 Å². The topological polar surface area (TPSA) is 70.0 Å². The summed E-state index contributed by atoms with van der Waals surface area (Å²) in [5, 5.41) is 0. The first-order valence-electron chi connectivity index (χ1n) is 7.86. The van der Waals surface area contributed by atoms with E-state index in [0.29, 0.717) is 6.61 Å². The van der Waals surface area contributed by atoms with Gasteiger partial charge in [-0.1, -0.05) is 18.2 Å². The molecule has 1 heterocycles. The number of nitrogens with two attached hydrogens (primary N) is 1. The van der Waals surface area contributed by atoms with E-state index in [4.69, 9.17) is 10.5 Å². The molecule has 26 heavy (non-hydrogen) atoms. The van der Waals surface area contributed by atoms with Gasteiger partial charge in [-0.3, -0.25) is 4.90 Å². The molecule has 0 atom stereocenters. The molecule has 4 N–H and O–H groups in total. The number of nitrogens with zero attached hydrogens (tertiary/aromatic N) is 1. The number of benzene rings is 2. The molecule has 2 aromatic carbocycles. The van der Waals surface area contributed by atoms with Crippen molar-refractivity contribution in [2.75, 3.05) is 32.0 Å². The van der Waals surface area contributed by atoms with Crippen LogP contribution in [0.15, 0.2) is 54.6 Å². The van der Waals surface area contributed by atoms with Crippen LogP contribution in [0.25, 0.3) is 5.57 Å². The summed E-state index contributed by atoms with van der Waals surface area (Å²) in [5.74, 6) is 0.658. The molecule has 0 saturated heterocycles. The van der Waals surface area contributed by atoms with Gasteiger partial charge in [-0.25, -0.2) is 4.39 Å². The van der Waals surface area contributed by atoms with Crippen molar-refractivity contribution in [3.63, 3.8) is 0 Å². The summed E-state index contributed by atoms with van der Waals surface area (Å²) in [7, 11) is 0. The van der Waals surface area contributed by atoms with Gasteiger partial charge in [0.2, 0.25) is 0 Å². The summed E-state index contributed by atoms with van der Waals surface area (Å²) in [4.78, 5) is 2.35. The Kier molecular flexibility index (Phi) is 10.9. The molecule has 0 spiro atoms. The summed E-state index contributed by atoms with van der Waals surface area (Å²) >= 11 is 0. The molecule has 0 aliphatic carbocycles. The van der Waals surface area contributed by atoms with Gasteiger partial charge in [0.1, 0.15) is 18.2 Å². The van der Waals surface area contributed by atoms with Crippen LogP contribution in [-0.2, 0) is 0 Å². The first kappa shape index (κ1) is 24.2. The molecule has 7 heteroatoms. The van der Waals surface area contributed by atoms with E-state index in [1.54, 1.807) is 0 Å². The van der Waals surface area contributed by atoms with Crippen molar-refractivity contribution in [3.8, 4) is 5.75 Å². The monoisotopic (exact) mass is 402 g/mol. The van der Waals surface area contributed by atoms with E-state index in [0.717, 1.165) is 43.1 Å². The van der Waals surface area contributed by atoms with Crippen LogP contribution in [0.4, 0.5) is 10.1 Å². The molecular formula is C19H25Cl2FN2O2. The van der Waals surface area contributed by atoms with E-state index in [9.17, 15) is 4.39 Å². The van der Waals surface area contributed by atoms with Gasteiger partial charge in [-0.15, -0.1) is 24.8 Å². The van der Waals surface area contributed by atoms with Gasteiger partial charge < -0.3 is 15.9 Å². The molecule has 3 rings (SSSR count). The third kappa shape index (κ3) is 6.84. The Bertz CT molecular complexity index is 679. The summed E-state index contributed by atoms with van der Waals surface area (Å²) < 4.78 is 18.7. The van der Waals surface area contributed by atoms with Crippen LogP contribution in [0.2, 0.25) is 0 Å². The van der Waals surface area contributed by atoms with Crippen LogP contribution in [0.3, 0.4) is 0 Å². The maximum Gasteiger partial charge on any atom is 0.123 e. The van der Waals surface area contributed by atoms with E-state index in [1.165, 1.54) is 17.7 Å². The Morgan fingerprint density at radius 2 is 1.65 bits per heavy atom. The highest BCUT2D eigenvalue weighted by Gasteiger charge is 2.12. The predicted octanol–water partition coefficient (Wildman–Crippen LogP) is 3.59. The van der Waals surface area contributed by atoms with Crippen LogP contribution in [0.1, 0.15) is 12.0 Å². The van der Waals surface area contributed by atoms with E-state index in [-0.39, 0.29) is 36.1 Å². The molecule has 4 nitrogen and oxygen atoms in total. The Morgan fingerprint density at radius 1 is 1.00 bits per heavy atom. The average Bonchev–Trinajstić information content (AvgIpc) is 2.58. The van der Waals surface area contributed by atoms with E-state index < -0.39 is 0 Å². The second-order valence-electron chi connectivity index (χ2n) is 5.70. The molecule has 0 radical (unpaired) electrons. The molecule has 0 saturated carbocycles.